The number of aromatic nitrogens is 2. The minimum absolute atomic E-state index is 0.0463. The second-order valence-corrected chi connectivity index (χ2v) is 3.98. The maximum atomic E-state index is 11.1. The zero-order valence-corrected chi connectivity index (χ0v) is 10.4. The summed E-state index contributed by atoms with van der Waals surface area (Å²) in [5.41, 5.74) is 0.0463. The van der Waals surface area contributed by atoms with Gasteiger partial charge in [-0.05, 0) is 19.1 Å². The molecule has 94 valence electrons. The van der Waals surface area contributed by atoms with Gasteiger partial charge in [0, 0.05) is 30.0 Å². The molecule has 18 heavy (non-hydrogen) atoms. The van der Waals surface area contributed by atoms with Gasteiger partial charge in [-0.25, -0.2) is 9.78 Å². The van der Waals surface area contributed by atoms with Crippen molar-refractivity contribution in [2.75, 3.05) is 0 Å². The average Bonchev–Trinajstić information content (AvgIpc) is 2.76. The molecular weight excluding hydrogens is 256 g/mol. The quantitative estimate of drug-likeness (QED) is 0.924. The van der Waals surface area contributed by atoms with Crippen LogP contribution in [0.15, 0.2) is 30.6 Å². The van der Waals surface area contributed by atoms with Crippen molar-refractivity contribution in [2.24, 2.45) is 0 Å². The van der Waals surface area contributed by atoms with Crippen molar-refractivity contribution in [3.63, 3.8) is 0 Å². The predicted molar refractivity (Wildman–Crippen MR) is 66.4 cm³/mol. The van der Waals surface area contributed by atoms with Gasteiger partial charge in [-0.2, -0.15) is 0 Å². The molecule has 6 heteroatoms. The number of benzene rings is 1. The van der Waals surface area contributed by atoms with E-state index in [1.807, 2.05) is 6.92 Å². The van der Waals surface area contributed by atoms with Crippen molar-refractivity contribution in [3.05, 3.63) is 41.2 Å². The Morgan fingerprint density at radius 3 is 3.00 bits per heavy atom. The standard InChI is InChI=1S/C12H11ClN2O3/c1-2-15-6-5-14-12(15)18-10-7-8(13)3-4-9(10)11(16)17/h3-7H,2H2,1H3,(H,16,17). The second kappa shape index (κ2) is 5.10. The summed E-state index contributed by atoms with van der Waals surface area (Å²) in [5.74, 6) is -0.896. The molecule has 0 bridgehead atoms. The first kappa shape index (κ1) is 12.4. The van der Waals surface area contributed by atoms with Crippen LogP contribution in [-0.4, -0.2) is 20.6 Å². The van der Waals surface area contributed by atoms with Gasteiger partial charge in [0.2, 0.25) is 0 Å². The maximum Gasteiger partial charge on any atom is 0.339 e. The Balaban J connectivity index is 2.39. The van der Waals surface area contributed by atoms with Gasteiger partial charge in [-0.15, -0.1) is 0 Å². The van der Waals surface area contributed by atoms with Gasteiger partial charge in [0.15, 0.2) is 0 Å². The Kier molecular flexibility index (Phi) is 3.53. The molecule has 0 aliphatic carbocycles. The van der Waals surface area contributed by atoms with Crippen LogP contribution in [0, 0.1) is 0 Å². The molecule has 0 aliphatic rings. The number of rotatable bonds is 4. The van der Waals surface area contributed by atoms with Gasteiger partial charge in [0.05, 0.1) is 0 Å². The van der Waals surface area contributed by atoms with E-state index in [-0.39, 0.29) is 11.3 Å². The minimum Gasteiger partial charge on any atom is -0.478 e. The van der Waals surface area contributed by atoms with E-state index in [1.54, 1.807) is 17.0 Å². The van der Waals surface area contributed by atoms with Crippen LogP contribution in [-0.2, 0) is 6.54 Å². The number of carboxylic acids is 1. The van der Waals surface area contributed by atoms with Crippen LogP contribution in [0.25, 0.3) is 0 Å². The normalized spacial score (nSPS) is 10.3. The summed E-state index contributed by atoms with van der Waals surface area (Å²) in [5, 5.41) is 9.47. The molecule has 0 atom stereocenters. The van der Waals surface area contributed by atoms with Crippen LogP contribution in [0.1, 0.15) is 17.3 Å². The number of hydrogen-bond acceptors (Lipinski definition) is 3. The van der Waals surface area contributed by atoms with Crippen molar-refractivity contribution in [1.29, 1.82) is 0 Å². The van der Waals surface area contributed by atoms with E-state index in [2.05, 4.69) is 4.98 Å². The van der Waals surface area contributed by atoms with Crippen LogP contribution >= 0.6 is 11.6 Å². The third-order valence-corrected chi connectivity index (χ3v) is 2.63. The predicted octanol–water partition coefficient (Wildman–Crippen LogP) is 3.05. The Morgan fingerprint density at radius 1 is 1.56 bits per heavy atom. The Labute approximate surface area is 109 Å². The van der Waals surface area contributed by atoms with Crippen LogP contribution < -0.4 is 4.74 Å². The highest BCUT2D eigenvalue weighted by atomic mass is 35.5. The summed E-state index contributed by atoms with van der Waals surface area (Å²) in [6.07, 6.45) is 3.34. The molecule has 0 fully saturated rings. The minimum atomic E-state index is -1.07. The third kappa shape index (κ3) is 2.46. The zero-order valence-electron chi connectivity index (χ0n) is 9.63. The first-order valence-electron chi connectivity index (χ1n) is 5.33. The van der Waals surface area contributed by atoms with Gasteiger partial charge in [-0.3, -0.25) is 0 Å². The van der Waals surface area contributed by atoms with Crippen molar-refractivity contribution < 1.29 is 14.6 Å². The topological polar surface area (TPSA) is 64.4 Å². The fourth-order valence-electron chi connectivity index (χ4n) is 1.50. The highest BCUT2D eigenvalue weighted by molar-refractivity contribution is 6.30. The number of aryl methyl sites for hydroxylation is 1. The number of hydrogen-bond donors (Lipinski definition) is 1. The van der Waals surface area contributed by atoms with Gasteiger partial charge in [0.25, 0.3) is 0 Å². The van der Waals surface area contributed by atoms with E-state index < -0.39 is 5.97 Å². The van der Waals surface area contributed by atoms with Crippen LogP contribution in [0.3, 0.4) is 0 Å². The van der Waals surface area contributed by atoms with E-state index >= 15 is 0 Å². The van der Waals surface area contributed by atoms with Gasteiger partial charge in [0.1, 0.15) is 11.3 Å². The molecule has 1 aromatic carbocycles. The van der Waals surface area contributed by atoms with Crippen molar-refractivity contribution in [1.82, 2.24) is 9.55 Å². The lowest BCUT2D eigenvalue weighted by Gasteiger charge is -2.09. The number of carbonyl (C=O) groups is 1. The molecule has 0 radical (unpaired) electrons. The molecule has 1 aromatic heterocycles. The smallest absolute Gasteiger partial charge is 0.339 e. The number of nitrogens with zero attached hydrogens (tertiary/aromatic N) is 2. The maximum absolute atomic E-state index is 11.1. The lowest BCUT2D eigenvalue weighted by molar-refractivity contribution is 0.0694. The average molecular weight is 267 g/mol. The third-order valence-electron chi connectivity index (χ3n) is 2.39. The number of halogens is 1. The van der Waals surface area contributed by atoms with Gasteiger partial charge in [-0.1, -0.05) is 11.6 Å². The van der Waals surface area contributed by atoms with Crippen molar-refractivity contribution in [3.8, 4) is 11.8 Å². The summed E-state index contributed by atoms with van der Waals surface area (Å²) in [4.78, 5) is 15.1. The fourth-order valence-corrected chi connectivity index (χ4v) is 1.66. The highest BCUT2D eigenvalue weighted by Gasteiger charge is 2.14. The number of carboxylic acid groups (broad SMARTS) is 1. The van der Waals surface area contributed by atoms with Gasteiger partial charge >= 0.3 is 12.0 Å². The molecular formula is C12H11ClN2O3. The summed E-state index contributed by atoms with van der Waals surface area (Å²) >= 11 is 5.84. The molecule has 5 nitrogen and oxygen atoms in total. The molecule has 2 rings (SSSR count). The Bertz CT molecular complexity index is 580. The van der Waals surface area contributed by atoms with E-state index in [1.165, 1.54) is 18.2 Å². The molecule has 0 unspecified atom stereocenters. The highest BCUT2D eigenvalue weighted by Crippen LogP contribution is 2.27. The molecule has 0 aliphatic heterocycles. The van der Waals surface area contributed by atoms with Crippen LogP contribution in [0.5, 0.6) is 11.8 Å². The van der Waals surface area contributed by atoms with E-state index in [0.717, 1.165) is 0 Å². The second-order valence-electron chi connectivity index (χ2n) is 3.54. The zero-order chi connectivity index (χ0) is 13.1. The molecule has 0 saturated heterocycles. The van der Waals surface area contributed by atoms with Gasteiger partial charge < -0.3 is 14.4 Å². The SMILES string of the molecule is CCn1ccnc1Oc1cc(Cl)ccc1C(=O)O. The van der Waals surface area contributed by atoms with Crippen LogP contribution in [0.2, 0.25) is 5.02 Å². The van der Waals surface area contributed by atoms with Crippen molar-refractivity contribution >= 4 is 17.6 Å². The molecule has 0 amide bonds. The monoisotopic (exact) mass is 266 g/mol. The van der Waals surface area contributed by atoms with E-state index in [0.29, 0.717) is 17.6 Å². The molecule has 1 N–H and O–H groups in total. The number of aromatic carboxylic acids is 1. The van der Waals surface area contributed by atoms with Crippen molar-refractivity contribution in [2.45, 2.75) is 13.5 Å². The molecule has 0 spiro atoms. The molecule has 1 heterocycles. The number of imidazole rings is 1. The lowest BCUT2D eigenvalue weighted by atomic mass is 10.2. The molecule has 0 saturated carbocycles. The fraction of sp³-hybridized carbons (Fsp3) is 0.167. The Hall–Kier alpha value is -2.01. The van der Waals surface area contributed by atoms with E-state index in [4.69, 9.17) is 21.4 Å². The number of ether oxygens (including phenoxy) is 1. The molecule has 2 aromatic rings. The first-order valence-corrected chi connectivity index (χ1v) is 5.71. The summed E-state index contributed by atoms with van der Waals surface area (Å²) in [6.45, 7) is 2.61. The first-order chi connectivity index (χ1) is 8.61. The Morgan fingerprint density at radius 2 is 2.33 bits per heavy atom. The lowest BCUT2D eigenvalue weighted by Crippen LogP contribution is -2.03. The summed E-state index contributed by atoms with van der Waals surface area (Å²) in [6, 6.07) is 4.70. The van der Waals surface area contributed by atoms with E-state index in [9.17, 15) is 4.79 Å². The largest absolute Gasteiger partial charge is 0.478 e. The summed E-state index contributed by atoms with van der Waals surface area (Å²) < 4.78 is 7.26. The summed E-state index contributed by atoms with van der Waals surface area (Å²) in [7, 11) is 0. The van der Waals surface area contributed by atoms with Crippen LogP contribution in [0.4, 0.5) is 0 Å².